The number of fused-ring (bicyclic) bond motifs is 1. The van der Waals surface area contributed by atoms with Gasteiger partial charge in [-0.1, -0.05) is 0 Å². The summed E-state index contributed by atoms with van der Waals surface area (Å²) in [6.07, 6.45) is 2.95. The molecule has 0 saturated heterocycles. The number of nitrogen functional groups attached to an aromatic ring is 2. The van der Waals surface area contributed by atoms with Crippen LogP contribution in [-0.4, -0.2) is 24.7 Å². The van der Waals surface area contributed by atoms with Crippen molar-refractivity contribution >= 4 is 22.7 Å². The highest BCUT2D eigenvalue weighted by Gasteiger charge is 2.18. The zero-order valence-electron chi connectivity index (χ0n) is 14.8. The number of hydrazine groups is 1. The molecular weight excluding hydrogens is 380 g/mol. The summed E-state index contributed by atoms with van der Waals surface area (Å²) in [5.74, 6) is 3.98. The first-order chi connectivity index (χ1) is 14.0. The predicted molar refractivity (Wildman–Crippen MR) is 101 cm³/mol. The average Bonchev–Trinajstić information content (AvgIpc) is 3.12. The van der Waals surface area contributed by atoms with Crippen molar-refractivity contribution in [1.82, 2.24) is 24.7 Å². The monoisotopic (exact) mass is 393 g/mol. The molecule has 5 N–H and O–H groups in total. The largest absolute Gasteiger partial charge is 0.399 e. The van der Waals surface area contributed by atoms with E-state index in [1.165, 1.54) is 17.1 Å². The number of nitriles is 1. The van der Waals surface area contributed by atoms with Crippen molar-refractivity contribution in [2.75, 3.05) is 11.2 Å². The van der Waals surface area contributed by atoms with Crippen LogP contribution >= 0.6 is 0 Å². The van der Waals surface area contributed by atoms with Crippen LogP contribution in [0.25, 0.3) is 22.3 Å². The third kappa shape index (κ3) is 3.28. The molecule has 0 spiro atoms. The maximum absolute atomic E-state index is 14.2. The first kappa shape index (κ1) is 18.2. The Bertz CT molecular complexity index is 1250. The Balaban J connectivity index is 1.88. The molecule has 0 fully saturated rings. The van der Waals surface area contributed by atoms with Crippen LogP contribution in [0.3, 0.4) is 0 Å². The summed E-state index contributed by atoms with van der Waals surface area (Å²) in [6.45, 7) is -0.221. The number of halogens is 2. The molecule has 0 unspecified atom stereocenters. The van der Waals surface area contributed by atoms with Gasteiger partial charge < -0.3 is 5.73 Å². The second-order valence-electron chi connectivity index (χ2n) is 6.08. The standard InChI is InChI=1S/C18H13F2N9/c19-14-4-10(22)5-15(20)13(14)8-29-17-12(7-25-29)16(26-18(27-17)28-23)9-1-2-24-11(3-9)6-21/h1-5,7H,8,22-23H2,(H,26,27,28). The van der Waals surface area contributed by atoms with E-state index < -0.39 is 11.6 Å². The van der Waals surface area contributed by atoms with Gasteiger partial charge in [-0.2, -0.15) is 15.3 Å². The van der Waals surface area contributed by atoms with Crippen LogP contribution in [0.15, 0.2) is 36.7 Å². The SMILES string of the molecule is N#Cc1cc(-c2nc(NN)nc3c2cnn3Cc2c(F)cc(N)cc2F)ccn1. The minimum Gasteiger partial charge on any atom is -0.399 e. The van der Waals surface area contributed by atoms with Gasteiger partial charge >= 0.3 is 0 Å². The van der Waals surface area contributed by atoms with Crippen molar-refractivity contribution in [3.05, 3.63) is 59.6 Å². The number of nitrogens with one attached hydrogen (secondary N) is 1. The molecule has 1 aromatic carbocycles. The minimum atomic E-state index is -0.787. The van der Waals surface area contributed by atoms with Crippen molar-refractivity contribution in [3.8, 4) is 17.3 Å². The fourth-order valence-corrected chi connectivity index (χ4v) is 2.92. The van der Waals surface area contributed by atoms with Crippen LogP contribution in [0.5, 0.6) is 0 Å². The summed E-state index contributed by atoms with van der Waals surface area (Å²) < 4.78 is 29.8. The van der Waals surface area contributed by atoms with Crippen LogP contribution in [-0.2, 0) is 6.54 Å². The summed E-state index contributed by atoms with van der Waals surface area (Å²) >= 11 is 0. The van der Waals surface area contributed by atoms with Crippen molar-refractivity contribution in [2.45, 2.75) is 6.54 Å². The Morgan fingerprint density at radius 1 is 1.17 bits per heavy atom. The number of aromatic nitrogens is 5. The van der Waals surface area contributed by atoms with Crippen LogP contribution < -0.4 is 17.0 Å². The number of nitrogens with zero attached hydrogens (tertiary/aromatic N) is 6. The lowest BCUT2D eigenvalue weighted by Crippen LogP contribution is -2.13. The van der Waals surface area contributed by atoms with Gasteiger partial charge in [-0.25, -0.2) is 29.3 Å². The van der Waals surface area contributed by atoms with Gasteiger partial charge in [0, 0.05) is 23.0 Å². The normalized spacial score (nSPS) is 10.8. The molecule has 3 heterocycles. The highest BCUT2D eigenvalue weighted by molar-refractivity contribution is 5.91. The number of pyridine rings is 1. The van der Waals surface area contributed by atoms with E-state index in [0.29, 0.717) is 22.3 Å². The molecule has 0 saturated carbocycles. The Morgan fingerprint density at radius 3 is 2.62 bits per heavy atom. The summed E-state index contributed by atoms with van der Waals surface area (Å²) in [4.78, 5) is 12.5. The van der Waals surface area contributed by atoms with E-state index in [0.717, 1.165) is 12.1 Å². The quantitative estimate of drug-likeness (QED) is 0.271. The number of nitrogens with two attached hydrogens (primary N) is 2. The molecule has 0 radical (unpaired) electrons. The highest BCUT2D eigenvalue weighted by atomic mass is 19.1. The number of benzene rings is 1. The van der Waals surface area contributed by atoms with E-state index in [2.05, 4.69) is 25.5 Å². The third-order valence-corrected chi connectivity index (χ3v) is 4.24. The van der Waals surface area contributed by atoms with Gasteiger partial charge in [0.15, 0.2) is 5.65 Å². The minimum absolute atomic E-state index is 0.0145. The van der Waals surface area contributed by atoms with Crippen LogP contribution in [0, 0.1) is 23.0 Å². The second-order valence-corrected chi connectivity index (χ2v) is 6.08. The molecule has 9 nitrogen and oxygen atoms in total. The molecule has 0 aliphatic heterocycles. The molecule has 0 amide bonds. The van der Waals surface area contributed by atoms with Gasteiger partial charge in [0.1, 0.15) is 23.4 Å². The molecule has 0 aliphatic carbocycles. The smallest absolute Gasteiger partial charge is 0.239 e. The first-order valence-electron chi connectivity index (χ1n) is 8.30. The molecule has 29 heavy (non-hydrogen) atoms. The molecule has 4 rings (SSSR count). The fraction of sp³-hybridized carbons (Fsp3) is 0.0556. The maximum Gasteiger partial charge on any atom is 0.239 e. The summed E-state index contributed by atoms with van der Waals surface area (Å²) in [6, 6.07) is 7.26. The second kappa shape index (κ2) is 7.10. The lowest BCUT2D eigenvalue weighted by atomic mass is 10.1. The Kier molecular flexibility index (Phi) is 4.46. The van der Waals surface area contributed by atoms with Gasteiger partial charge in [-0.05, 0) is 24.3 Å². The van der Waals surface area contributed by atoms with Crippen molar-refractivity contribution in [1.29, 1.82) is 5.26 Å². The maximum atomic E-state index is 14.2. The molecule has 4 aromatic rings. The molecule has 11 heteroatoms. The van der Waals surface area contributed by atoms with E-state index >= 15 is 0 Å². The Morgan fingerprint density at radius 2 is 1.93 bits per heavy atom. The number of hydrogen-bond acceptors (Lipinski definition) is 8. The lowest BCUT2D eigenvalue weighted by molar-refractivity contribution is 0.537. The van der Waals surface area contributed by atoms with E-state index in [4.69, 9.17) is 16.8 Å². The summed E-state index contributed by atoms with van der Waals surface area (Å²) in [7, 11) is 0. The van der Waals surface area contributed by atoms with Crippen molar-refractivity contribution < 1.29 is 8.78 Å². The van der Waals surface area contributed by atoms with Gasteiger partial charge in [0.25, 0.3) is 0 Å². The lowest BCUT2D eigenvalue weighted by Gasteiger charge is -2.09. The number of anilines is 2. The molecule has 3 aromatic heterocycles. The van der Waals surface area contributed by atoms with Crippen LogP contribution in [0.4, 0.5) is 20.4 Å². The van der Waals surface area contributed by atoms with Gasteiger partial charge in [0.05, 0.1) is 23.8 Å². The third-order valence-electron chi connectivity index (χ3n) is 4.24. The average molecular weight is 393 g/mol. The Hall–Kier alpha value is -4.17. The zero-order valence-corrected chi connectivity index (χ0v) is 14.8. The van der Waals surface area contributed by atoms with Crippen molar-refractivity contribution in [2.24, 2.45) is 5.84 Å². The van der Waals surface area contributed by atoms with Gasteiger partial charge in [-0.15, -0.1) is 0 Å². The molecule has 144 valence electrons. The zero-order chi connectivity index (χ0) is 20.5. The molecular formula is C18H13F2N9. The van der Waals surface area contributed by atoms with Gasteiger partial charge in [0.2, 0.25) is 5.95 Å². The van der Waals surface area contributed by atoms with E-state index in [1.807, 2.05) is 6.07 Å². The summed E-state index contributed by atoms with van der Waals surface area (Å²) in [5.41, 5.74) is 9.13. The van der Waals surface area contributed by atoms with Crippen LogP contribution in [0.2, 0.25) is 0 Å². The van der Waals surface area contributed by atoms with E-state index in [1.54, 1.807) is 12.1 Å². The van der Waals surface area contributed by atoms with Gasteiger partial charge in [-0.3, -0.25) is 5.43 Å². The Labute approximate surface area is 162 Å². The predicted octanol–water partition coefficient (Wildman–Crippen LogP) is 1.95. The molecule has 0 atom stereocenters. The highest BCUT2D eigenvalue weighted by Crippen LogP contribution is 2.28. The topological polar surface area (TPSA) is 144 Å². The van der Waals surface area contributed by atoms with E-state index in [-0.39, 0.29) is 29.4 Å². The number of rotatable bonds is 4. The fourth-order valence-electron chi connectivity index (χ4n) is 2.92. The van der Waals surface area contributed by atoms with E-state index in [9.17, 15) is 8.78 Å². The first-order valence-corrected chi connectivity index (χ1v) is 8.30. The van der Waals surface area contributed by atoms with Crippen LogP contribution in [0.1, 0.15) is 11.3 Å². The molecule has 0 bridgehead atoms. The summed E-state index contributed by atoms with van der Waals surface area (Å²) in [5, 5.41) is 13.8. The van der Waals surface area contributed by atoms with Crippen molar-refractivity contribution in [3.63, 3.8) is 0 Å². The molecule has 0 aliphatic rings. The number of hydrogen-bond donors (Lipinski definition) is 3.